The van der Waals surface area contributed by atoms with Gasteiger partial charge in [-0.25, -0.2) is 0 Å². The Morgan fingerprint density at radius 1 is 1.15 bits per heavy atom. The van der Waals surface area contributed by atoms with E-state index in [4.69, 9.17) is 0 Å². The molecule has 0 saturated carbocycles. The van der Waals surface area contributed by atoms with Crippen molar-refractivity contribution in [1.29, 1.82) is 0 Å². The number of fused-ring (bicyclic) bond motifs is 3. The van der Waals surface area contributed by atoms with Crippen LogP contribution in [0.5, 0.6) is 0 Å². The van der Waals surface area contributed by atoms with Gasteiger partial charge < -0.3 is 15.2 Å². The van der Waals surface area contributed by atoms with Crippen molar-refractivity contribution >= 4 is 22.7 Å². The number of rotatable bonds is 4. The van der Waals surface area contributed by atoms with Crippen LogP contribution < -0.4 is 5.32 Å². The molecule has 2 amide bonds. The SMILES string of the molecule is C[C@H](C(=O)NCc1ccc2[nH]c3c(c2c1)CCCCCC3)N1CCCC1=O. The zero-order chi connectivity index (χ0) is 18.8. The molecular weight excluding hydrogens is 338 g/mol. The number of hydrogen-bond acceptors (Lipinski definition) is 2. The minimum Gasteiger partial charge on any atom is -0.358 e. The summed E-state index contributed by atoms with van der Waals surface area (Å²) in [4.78, 5) is 29.6. The van der Waals surface area contributed by atoms with Crippen LogP contribution in [-0.4, -0.2) is 34.3 Å². The number of H-pyrrole nitrogens is 1. The van der Waals surface area contributed by atoms with Crippen molar-refractivity contribution in [1.82, 2.24) is 15.2 Å². The highest BCUT2D eigenvalue weighted by molar-refractivity contribution is 5.88. The molecule has 0 bridgehead atoms. The summed E-state index contributed by atoms with van der Waals surface area (Å²) in [6, 6.07) is 6.04. The van der Waals surface area contributed by atoms with Gasteiger partial charge in [-0.2, -0.15) is 0 Å². The smallest absolute Gasteiger partial charge is 0.242 e. The van der Waals surface area contributed by atoms with Crippen LogP contribution in [0.3, 0.4) is 0 Å². The van der Waals surface area contributed by atoms with Gasteiger partial charge in [0.15, 0.2) is 0 Å². The van der Waals surface area contributed by atoms with E-state index in [0.717, 1.165) is 24.8 Å². The zero-order valence-electron chi connectivity index (χ0n) is 16.1. The summed E-state index contributed by atoms with van der Waals surface area (Å²) >= 11 is 0. The quantitative estimate of drug-likeness (QED) is 0.869. The lowest BCUT2D eigenvalue weighted by Gasteiger charge is -2.23. The zero-order valence-corrected chi connectivity index (χ0v) is 16.1. The minimum absolute atomic E-state index is 0.0743. The molecule has 2 aromatic rings. The average Bonchev–Trinajstić information content (AvgIpc) is 3.21. The number of aromatic amines is 1. The predicted molar refractivity (Wildman–Crippen MR) is 106 cm³/mol. The Hall–Kier alpha value is -2.30. The van der Waals surface area contributed by atoms with Crippen LogP contribution in [0, 0.1) is 0 Å². The monoisotopic (exact) mass is 367 g/mol. The molecule has 2 heterocycles. The molecular formula is C22H29N3O2. The van der Waals surface area contributed by atoms with Crippen LogP contribution in [0.25, 0.3) is 10.9 Å². The predicted octanol–water partition coefficient (Wildman–Crippen LogP) is 3.45. The van der Waals surface area contributed by atoms with Crippen molar-refractivity contribution in [3.63, 3.8) is 0 Å². The summed E-state index contributed by atoms with van der Waals surface area (Å²) in [5, 5.41) is 4.32. The van der Waals surface area contributed by atoms with Gasteiger partial charge in [-0.3, -0.25) is 9.59 Å². The van der Waals surface area contributed by atoms with Crippen LogP contribution in [0.4, 0.5) is 0 Å². The summed E-state index contributed by atoms with van der Waals surface area (Å²) in [6.45, 7) is 3.01. The fourth-order valence-corrected chi connectivity index (χ4v) is 4.47. The van der Waals surface area contributed by atoms with Crippen molar-refractivity contribution < 1.29 is 9.59 Å². The van der Waals surface area contributed by atoms with Crippen molar-refractivity contribution in [3.05, 3.63) is 35.0 Å². The van der Waals surface area contributed by atoms with E-state index >= 15 is 0 Å². The van der Waals surface area contributed by atoms with Gasteiger partial charge in [0.1, 0.15) is 6.04 Å². The molecule has 27 heavy (non-hydrogen) atoms. The number of nitrogens with zero attached hydrogens (tertiary/aromatic N) is 1. The van der Waals surface area contributed by atoms with E-state index in [9.17, 15) is 9.59 Å². The summed E-state index contributed by atoms with van der Waals surface area (Å²) in [7, 11) is 0. The fourth-order valence-electron chi connectivity index (χ4n) is 4.47. The molecule has 1 aromatic carbocycles. The number of aryl methyl sites for hydroxylation is 2. The van der Waals surface area contributed by atoms with Gasteiger partial charge in [0.25, 0.3) is 0 Å². The molecule has 1 atom stereocenters. The second kappa shape index (κ2) is 7.75. The number of aromatic nitrogens is 1. The molecule has 2 N–H and O–H groups in total. The molecule has 5 heteroatoms. The largest absolute Gasteiger partial charge is 0.358 e. The van der Waals surface area contributed by atoms with E-state index in [1.807, 2.05) is 6.92 Å². The molecule has 1 aliphatic carbocycles. The third-order valence-electron chi connectivity index (χ3n) is 6.09. The highest BCUT2D eigenvalue weighted by Gasteiger charge is 2.29. The Balaban J connectivity index is 1.46. The van der Waals surface area contributed by atoms with Gasteiger partial charge in [0, 0.05) is 36.1 Å². The number of benzene rings is 1. The number of hydrogen-bond donors (Lipinski definition) is 2. The maximum absolute atomic E-state index is 12.5. The second-order valence-electron chi connectivity index (χ2n) is 7.96. The number of nitrogens with one attached hydrogen (secondary N) is 2. The first-order valence-corrected chi connectivity index (χ1v) is 10.3. The first kappa shape index (κ1) is 18.1. The first-order valence-electron chi connectivity index (χ1n) is 10.3. The van der Waals surface area contributed by atoms with E-state index < -0.39 is 6.04 Å². The van der Waals surface area contributed by atoms with Gasteiger partial charge in [0.2, 0.25) is 11.8 Å². The lowest BCUT2D eigenvalue weighted by Crippen LogP contribution is -2.45. The Labute approximate surface area is 160 Å². The minimum atomic E-state index is -0.393. The maximum atomic E-state index is 12.5. The van der Waals surface area contributed by atoms with Gasteiger partial charge in [-0.1, -0.05) is 18.9 Å². The molecule has 144 valence electrons. The highest BCUT2D eigenvalue weighted by atomic mass is 16.2. The lowest BCUT2D eigenvalue weighted by molar-refractivity contribution is -0.136. The number of likely N-dealkylation sites (tertiary alicyclic amines) is 1. The molecule has 1 fully saturated rings. The first-order chi connectivity index (χ1) is 13.1. The lowest BCUT2D eigenvalue weighted by atomic mass is 9.96. The highest BCUT2D eigenvalue weighted by Crippen LogP contribution is 2.28. The summed E-state index contributed by atoms with van der Waals surface area (Å²) in [5.41, 5.74) is 5.17. The molecule has 1 aliphatic heterocycles. The Bertz CT molecular complexity index is 855. The molecule has 0 spiro atoms. The van der Waals surface area contributed by atoms with E-state index in [0.29, 0.717) is 19.5 Å². The van der Waals surface area contributed by atoms with E-state index in [-0.39, 0.29) is 11.8 Å². The third kappa shape index (κ3) is 3.73. The van der Waals surface area contributed by atoms with Gasteiger partial charge >= 0.3 is 0 Å². The number of amides is 2. The molecule has 4 rings (SSSR count). The van der Waals surface area contributed by atoms with Crippen LogP contribution in [0.15, 0.2) is 18.2 Å². The van der Waals surface area contributed by atoms with Crippen LogP contribution in [-0.2, 0) is 29.0 Å². The van der Waals surface area contributed by atoms with Crippen molar-refractivity contribution in [2.45, 2.75) is 70.9 Å². The van der Waals surface area contributed by atoms with E-state index in [1.165, 1.54) is 47.8 Å². The van der Waals surface area contributed by atoms with E-state index in [2.05, 4.69) is 28.5 Å². The summed E-state index contributed by atoms with van der Waals surface area (Å²) < 4.78 is 0. The van der Waals surface area contributed by atoms with Crippen LogP contribution in [0.1, 0.15) is 62.3 Å². The fraction of sp³-hybridized carbons (Fsp3) is 0.545. The number of carbonyl (C=O) groups excluding carboxylic acids is 2. The molecule has 0 radical (unpaired) electrons. The van der Waals surface area contributed by atoms with Crippen LogP contribution in [0.2, 0.25) is 0 Å². The molecule has 0 unspecified atom stereocenters. The van der Waals surface area contributed by atoms with Crippen molar-refractivity contribution in [3.8, 4) is 0 Å². The Morgan fingerprint density at radius 3 is 2.74 bits per heavy atom. The van der Waals surface area contributed by atoms with Gasteiger partial charge in [-0.15, -0.1) is 0 Å². The molecule has 1 saturated heterocycles. The third-order valence-corrected chi connectivity index (χ3v) is 6.09. The molecule has 2 aliphatic rings. The standard InChI is InChI=1S/C22H29N3O2/c1-15(25-12-6-9-21(25)26)22(27)23-14-16-10-11-20-18(13-16)17-7-4-2-3-5-8-19(17)24-20/h10-11,13,15,24H,2-9,12,14H2,1H3,(H,23,27)/t15-/m1/s1. The second-order valence-corrected chi connectivity index (χ2v) is 7.96. The van der Waals surface area contributed by atoms with Gasteiger partial charge in [0.05, 0.1) is 0 Å². The topological polar surface area (TPSA) is 65.2 Å². The van der Waals surface area contributed by atoms with E-state index in [1.54, 1.807) is 4.90 Å². The summed E-state index contributed by atoms with van der Waals surface area (Å²) in [5.74, 6) is 0.0136. The van der Waals surface area contributed by atoms with Gasteiger partial charge in [-0.05, 0) is 62.3 Å². The summed E-state index contributed by atoms with van der Waals surface area (Å²) in [6.07, 6.45) is 8.84. The molecule has 5 nitrogen and oxygen atoms in total. The maximum Gasteiger partial charge on any atom is 0.242 e. The Kier molecular flexibility index (Phi) is 5.19. The van der Waals surface area contributed by atoms with Crippen LogP contribution >= 0.6 is 0 Å². The van der Waals surface area contributed by atoms with Crippen molar-refractivity contribution in [2.75, 3.05) is 6.54 Å². The average molecular weight is 367 g/mol. The normalized spacial score (nSPS) is 18.9. The number of carbonyl (C=O) groups is 2. The van der Waals surface area contributed by atoms with Crippen molar-refractivity contribution in [2.24, 2.45) is 0 Å². The molecule has 1 aromatic heterocycles. The Morgan fingerprint density at radius 2 is 1.96 bits per heavy atom.